The summed E-state index contributed by atoms with van der Waals surface area (Å²) >= 11 is 0. The maximum absolute atomic E-state index is 11.8. The lowest BCUT2D eigenvalue weighted by molar-refractivity contribution is -0.288. The SMILES string of the molecule is CC(=O)OC[C@H]1O[C@H](Oc2cccc(OC(C)=O)c2)[C@H](OC(C)=O)[C@@H](OC(C)=O)[C@@H]1OC(C)=O. The van der Waals surface area contributed by atoms with Crippen LogP contribution in [-0.2, 0) is 47.7 Å². The molecule has 0 N–H and O–H groups in total. The van der Waals surface area contributed by atoms with Crippen LogP contribution in [0.1, 0.15) is 34.6 Å². The minimum absolute atomic E-state index is 0.152. The van der Waals surface area contributed by atoms with E-state index in [1.807, 2.05) is 0 Å². The van der Waals surface area contributed by atoms with E-state index < -0.39 is 60.6 Å². The van der Waals surface area contributed by atoms with Crippen LogP contribution >= 0.6 is 0 Å². The number of benzene rings is 1. The Kier molecular flexibility index (Phi) is 9.36. The minimum Gasteiger partial charge on any atom is -0.463 e. The molecule has 1 aromatic carbocycles. The molecule has 1 heterocycles. The van der Waals surface area contributed by atoms with E-state index in [1.54, 1.807) is 6.07 Å². The van der Waals surface area contributed by atoms with Gasteiger partial charge in [-0.25, -0.2) is 0 Å². The normalized spacial score (nSPS) is 23.7. The molecule has 12 nitrogen and oxygen atoms in total. The maximum Gasteiger partial charge on any atom is 0.308 e. The number of hydrogen-bond donors (Lipinski definition) is 0. The van der Waals surface area contributed by atoms with Gasteiger partial charge in [0.2, 0.25) is 12.4 Å². The molecular weight excluding hydrogens is 456 g/mol. The van der Waals surface area contributed by atoms with Gasteiger partial charge in [0.05, 0.1) is 0 Å². The van der Waals surface area contributed by atoms with Gasteiger partial charge in [-0.2, -0.15) is 0 Å². The van der Waals surface area contributed by atoms with Crippen LogP contribution < -0.4 is 9.47 Å². The molecule has 0 saturated carbocycles. The highest BCUT2D eigenvalue weighted by atomic mass is 16.7. The molecule has 0 bridgehead atoms. The van der Waals surface area contributed by atoms with Crippen LogP contribution in [0.5, 0.6) is 11.5 Å². The fourth-order valence-corrected chi connectivity index (χ4v) is 3.19. The van der Waals surface area contributed by atoms with Gasteiger partial charge in [-0.1, -0.05) is 6.07 Å². The molecule has 2 rings (SSSR count). The van der Waals surface area contributed by atoms with Crippen molar-refractivity contribution in [1.29, 1.82) is 0 Å². The fourth-order valence-electron chi connectivity index (χ4n) is 3.19. The van der Waals surface area contributed by atoms with Gasteiger partial charge < -0.3 is 33.2 Å². The van der Waals surface area contributed by atoms with Gasteiger partial charge in [-0.15, -0.1) is 0 Å². The highest BCUT2D eigenvalue weighted by Gasteiger charge is 2.53. The number of rotatable bonds is 8. The lowest BCUT2D eigenvalue weighted by atomic mass is 9.98. The van der Waals surface area contributed by atoms with Crippen molar-refractivity contribution in [3.8, 4) is 11.5 Å². The Morgan fingerprint density at radius 3 is 1.85 bits per heavy atom. The van der Waals surface area contributed by atoms with E-state index in [0.717, 1.165) is 20.8 Å². The standard InChI is InChI=1S/C22H26O12/c1-11(23)28-10-18-19(30-13(3)25)20(31-14(4)26)21(32-15(5)27)22(34-18)33-17-8-6-7-16(9-17)29-12(2)24/h6-9,18-22H,10H2,1-5H3/t18-,19-,20+,21-,22+/m1/s1. The quantitative estimate of drug-likeness (QED) is 0.296. The summed E-state index contributed by atoms with van der Waals surface area (Å²) < 4.78 is 37.7. The largest absolute Gasteiger partial charge is 0.463 e. The number of hydrogen-bond acceptors (Lipinski definition) is 12. The van der Waals surface area contributed by atoms with Gasteiger partial charge >= 0.3 is 29.8 Å². The van der Waals surface area contributed by atoms with Gasteiger partial charge in [0, 0.05) is 40.7 Å². The fraction of sp³-hybridized carbons (Fsp3) is 0.500. The summed E-state index contributed by atoms with van der Waals surface area (Å²) in [5.41, 5.74) is 0. The van der Waals surface area contributed by atoms with Crippen LogP contribution in [0, 0.1) is 0 Å². The zero-order valence-electron chi connectivity index (χ0n) is 19.3. The molecular formula is C22H26O12. The van der Waals surface area contributed by atoms with Gasteiger partial charge in [-0.3, -0.25) is 24.0 Å². The van der Waals surface area contributed by atoms with Gasteiger partial charge in [-0.05, 0) is 12.1 Å². The molecule has 0 unspecified atom stereocenters. The molecule has 1 aliphatic rings. The molecule has 1 fully saturated rings. The molecule has 186 valence electrons. The molecule has 12 heteroatoms. The van der Waals surface area contributed by atoms with E-state index >= 15 is 0 Å². The van der Waals surface area contributed by atoms with Crippen LogP contribution in [0.3, 0.4) is 0 Å². The van der Waals surface area contributed by atoms with Gasteiger partial charge in [0.1, 0.15) is 24.2 Å². The first-order valence-corrected chi connectivity index (χ1v) is 10.2. The molecule has 0 amide bonds. The van der Waals surface area contributed by atoms with Crippen molar-refractivity contribution in [2.24, 2.45) is 0 Å². The van der Waals surface area contributed by atoms with Crippen molar-refractivity contribution in [2.45, 2.75) is 65.3 Å². The Bertz CT molecular complexity index is 926. The number of ether oxygens (including phenoxy) is 7. The van der Waals surface area contributed by atoms with E-state index in [9.17, 15) is 24.0 Å². The summed E-state index contributed by atoms with van der Waals surface area (Å²) in [7, 11) is 0. The predicted octanol–water partition coefficient (Wildman–Crippen LogP) is 1.07. The highest BCUT2D eigenvalue weighted by molar-refractivity contribution is 5.70. The van der Waals surface area contributed by atoms with Crippen molar-refractivity contribution in [3.63, 3.8) is 0 Å². The number of carbonyl (C=O) groups is 5. The minimum atomic E-state index is -1.40. The molecule has 0 aliphatic carbocycles. The van der Waals surface area contributed by atoms with Crippen molar-refractivity contribution < 1.29 is 57.1 Å². The monoisotopic (exact) mass is 482 g/mol. The molecule has 0 spiro atoms. The molecule has 0 radical (unpaired) electrons. The van der Waals surface area contributed by atoms with Crippen molar-refractivity contribution in [2.75, 3.05) is 6.61 Å². The Balaban J connectivity index is 2.45. The molecule has 1 aliphatic heterocycles. The molecule has 1 saturated heterocycles. The Morgan fingerprint density at radius 1 is 0.735 bits per heavy atom. The lowest BCUT2D eigenvalue weighted by Crippen LogP contribution is -2.63. The Morgan fingerprint density at radius 2 is 1.29 bits per heavy atom. The Hall–Kier alpha value is -3.67. The zero-order valence-corrected chi connectivity index (χ0v) is 19.3. The molecule has 34 heavy (non-hydrogen) atoms. The van der Waals surface area contributed by atoms with Crippen LogP contribution in [0.4, 0.5) is 0 Å². The first-order chi connectivity index (χ1) is 16.0. The average molecular weight is 482 g/mol. The van der Waals surface area contributed by atoms with Crippen LogP contribution in [-0.4, -0.2) is 67.2 Å². The number of esters is 5. The van der Waals surface area contributed by atoms with E-state index in [1.165, 1.54) is 32.0 Å². The highest BCUT2D eigenvalue weighted by Crippen LogP contribution is 2.31. The summed E-state index contributed by atoms with van der Waals surface area (Å²) in [5.74, 6) is -3.12. The van der Waals surface area contributed by atoms with Gasteiger partial charge in [0.15, 0.2) is 12.2 Å². The third kappa shape index (κ3) is 8.03. The van der Waals surface area contributed by atoms with E-state index in [4.69, 9.17) is 33.2 Å². The smallest absolute Gasteiger partial charge is 0.308 e. The topological polar surface area (TPSA) is 150 Å². The van der Waals surface area contributed by atoms with E-state index in [2.05, 4.69) is 0 Å². The Labute approximate surface area is 195 Å². The second-order valence-electron chi connectivity index (χ2n) is 7.25. The first kappa shape index (κ1) is 26.6. The average Bonchev–Trinajstić information content (AvgIpc) is 2.69. The molecule has 5 atom stereocenters. The maximum atomic E-state index is 11.8. The lowest BCUT2D eigenvalue weighted by Gasteiger charge is -2.43. The first-order valence-electron chi connectivity index (χ1n) is 10.2. The molecule has 1 aromatic rings. The zero-order chi connectivity index (χ0) is 25.4. The third-order valence-corrected chi connectivity index (χ3v) is 4.27. The number of carbonyl (C=O) groups excluding carboxylic acids is 5. The molecule has 0 aromatic heterocycles. The predicted molar refractivity (Wildman–Crippen MR) is 110 cm³/mol. The van der Waals surface area contributed by atoms with Crippen molar-refractivity contribution >= 4 is 29.8 Å². The van der Waals surface area contributed by atoms with Crippen molar-refractivity contribution in [1.82, 2.24) is 0 Å². The summed E-state index contributed by atoms with van der Waals surface area (Å²) in [6.45, 7) is 5.37. The second-order valence-corrected chi connectivity index (χ2v) is 7.25. The summed E-state index contributed by atoms with van der Waals surface area (Å²) in [6, 6.07) is 5.96. The van der Waals surface area contributed by atoms with Crippen LogP contribution in [0.2, 0.25) is 0 Å². The summed E-state index contributed by atoms with van der Waals surface area (Å²) in [5, 5.41) is 0. The van der Waals surface area contributed by atoms with E-state index in [0.29, 0.717) is 0 Å². The van der Waals surface area contributed by atoms with Crippen molar-refractivity contribution in [3.05, 3.63) is 24.3 Å². The third-order valence-electron chi connectivity index (χ3n) is 4.27. The second kappa shape index (κ2) is 12.0. The summed E-state index contributed by atoms with van der Waals surface area (Å²) in [6.07, 6.45) is -6.57. The van der Waals surface area contributed by atoms with Crippen LogP contribution in [0.15, 0.2) is 24.3 Å². The van der Waals surface area contributed by atoms with E-state index in [-0.39, 0.29) is 18.1 Å². The van der Waals surface area contributed by atoms with Crippen LogP contribution in [0.25, 0.3) is 0 Å². The summed E-state index contributed by atoms with van der Waals surface area (Å²) in [4.78, 5) is 58.0. The van der Waals surface area contributed by atoms with Gasteiger partial charge in [0.25, 0.3) is 0 Å².